The van der Waals surface area contributed by atoms with Gasteiger partial charge in [-0.25, -0.2) is 0 Å². The van der Waals surface area contributed by atoms with Crippen molar-refractivity contribution in [3.63, 3.8) is 0 Å². The van der Waals surface area contributed by atoms with Gasteiger partial charge in [0.05, 0.1) is 0 Å². The van der Waals surface area contributed by atoms with Gasteiger partial charge in [-0.3, -0.25) is 4.79 Å². The Morgan fingerprint density at radius 2 is 2.17 bits per heavy atom. The molecule has 3 nitrogen and oxygen atoms in total. The molecule has 0 rings (SSSR count). The molecule has 0 fully saturated rings. The maximum atomic E-state index is 11.0. The Hall–Kier alpha value is -0.830. The molecule has 0 aromatic carbocycles. The molecule has 0 saturated heterocycles. The molecular formula is C9H18N2O. The molecule has 0 saturated carbocycles. The van der Waals surface area contributed by atoms with Crippen LogP contribution in [0.4, 0.5) is 0 Å². The summed E-state index contributed by atoms with van der Waals surface area (Å²) in [6, 6.07) is 0.374. The first-order valence-electron chi connectivity index (χ1n) is 4.15. The van der Waals surface area contributed by atoms with Crippen LogP contribution in [0, 0.1) is 0 Å². The van der Waals surface area contributed by atoms with E-state index in [9.17, 15) is 4.79 Å². The summed E-state index contributed by atoms with van der Waals surface area (Å²) in [5.41, 5.74) is 0. The van der Waals surface area contributed by atoms with E-state index in [0.717, 1.165) is 0 Å². The van der Waals surface area contributed by atoms with Crippen LogP contribution in [0.1, 0.15) is 13.8 Å². The number of amides is 1. The second-order valence-electron chi connectivity index (χ2n) is 3.06. The van der Waals surface area contributed by atoms with E-state index in [2.05, 4.69) is 17.1 Å². The number of likely N-dealkylation sites (N-methyl/N-ethyl adjacent to an activating group) is 1. The number of nitrogens with zero attached hydrogens (tertiary/aromatic N) is 1. The Morgan fingerprint density at radius 1 is 1.58 bits per heavy atom. The van der Waals surface area contributed by atoms with Crippen LogP contribution in [0.3, 0.4) is 0 Å². The average molecular weight is 170 g/mol. The zero-order chi connectivity index (χ0) is 9.56. The molecule has 0 aliphatic rings. The number of hydrogen-bond donors (Lipinski definition) is 1. The highest BCUT2D eigenvalue weighted by atomic mass is 16.1. The highest BCUT2D eigenvalue weighted by molar-refractivity contribution is 5.87. The first-order valence-corrected chi connectivity index (χ1v) is 4.15. The fourth-order valence-corrected chi connectivity index (χ4v) is 0.641. The topological polar surface area (TPSA) is 32.3 Å². The maximum absolute atomic E-state index is 11.0. The van der Waals surface area contributed by atoms with Crippen molar-refractivity contribution >= 4 is 5.91 Å². The molecule has 3 heteroatoms. The lowest BCUT2D eigenvalue weighted by Crippen LogP contribution is -2.37. The summed E-state index contributed by atoms with van der Waals surface area (Å²) in [5.74, 6) is -0.0220. The van der Waals surface area contributed by atoms with Crippen molar-refractivity contribution in [2.45, 2.75) is 19.9 Å². The molecule has 1 atom stereocenters. The smallest absolute Gasteiger partial charge is 0.243 e. The highest BCUT2D eigenvalue weighted by Gasteiger charge is 2.04. The average Bonchev–Trinajstić information content (AvgIpc) is 2.00. The fourth-order valence-electron chi connectivity index (χ4n) is 0.641. The van der Waals surface area contributed by atoms with E-state index >= 15 is 0 Å². The number of carbonyl (C=O) groups excluding carboxylic acids is 1. The van der Waals surface area contributed by atoms with Gasteiger partial charge in [0.2, 0.25) is 5.91 Å². The summed E-state index contributed by atoms with van der Waals surface area (Å²) in [4.78, 5) is 13.0. The van der Waals surface area contributed by atoms with E-state index in [1.807, 2.05) is 21.0 Å². The van der Waals surface area contributed by atoms with Crippen LogP contribution in [-0.4, -0.2) is 37.5 Å². The molecule has 70 valence electrons. The third kappa shape index (κ3) is 4.91. The van der Waals surface area contributed by atoms with Crippen molar-refractivity contribution in [2.75, 3.05) is 20.6 Å². The van der Waals surface area contributed by atoms with Crippen LogP contribution in [0.25, 0.3) is 0 Å². The summed E-state index contributed by atoms with van der Waals surface area (Å²) >= 11 is 0. The molecule has 0 aliphatic heterocycles. The lowest BCUT2D eigenvalue weighted by molar-refractivity contribution is -0.116. The predicted molar refractivity (Wildman–Crippen MR) is 51.0 cm³/mol. The first-order chi connectivity index (χ1) is 5.57. The first kappa shape index (κ1) is 11.2. The Labute approximate surface area is 74.4 Å². The zero-order valence-electron chi connectivity index (χ0n) is 8.29. The van der Waals surface area contributed by atoms with Gasteiger partial charge in [-0.05, 0) is 34.0 Å². The number of allylic oxidation sites excluding steroid dienone is 1. The predicted octanol–water partition coefficient (Wildman–Crippen LogP) is 0.629. The van der Waals surface area contributed by atoms with E-state index in [-0.39, 0.29) is 5.91 Å². The maximum Gasteiger partial charge on any atom is 0.243 e. The molecule has 0 heterocycles. The van der Waals surface area contributed by atoms with Crippen LogP contribution in [-0.2, 0) is 4.79 Å². The van der Waals surface area contributed by atoms with Crippen molar-refractivity contribution in [1.29, 1.82) is 0 Å². The fraction of sp³-hybridized carbons (Fsp3) is 0.667. The minimum atomic E-state index is -0.0220. The SMILES string of the molecule is CC=CC(=O)NCC(C)N(C)C. The van der Waals surface area contributed by atoms with Gasteiger partial charge in [0.15, 0.2) is 0 Å². The lowest BCUT2D eigenvalue weighted by Gasteiger charge is -2.19. The number of carbonyl (C=O) groups is 1. The molecule has 1 amide bonds. The molecule has 0 bridgehead atoms. The van der Waals surface area contributed by atoms with Crippen LogP contribution in [0.5, 0.6) is 0 Å². The quantitative estimate of drug-likeness (QED) is 0.628. The summed E-state index contributed by atoms with van der Waals surface area (Å²) in [7, 11) is 3.99. The number of hydrogen-bond acceptors (Lipinski definition) is 2. The van der Waals surface area contributed by atoms with Crippen LogP contribution in [0.15, 0.2) is 12.2 Å². The molecule has 1 unspecified atom stereocenters. The van der Waals surface area contributed by atoms with Crippen LogP contribution < -0.4 is 5.32 Å². The third-order valence-corrected chi connectivity index (χ3v) is 1.77. The van der Waals surface area contributed by atoms with Crippen molar-refractivity contribution in [3.8, 4) is 0 Å². The second-order valence-corrected chi connectivity index (χ2v) is 3.06. The van der Waals surface area contributed by atoms with Gasteiger partial charge in [-0.2, -0.15) is 0 Å². The standard InChI is InChI=1S/C9H18N2O/c1-5-6-9(12)10-7-8(2)11(3)4/h5-6,8H,7H2,1-4H3,(H,10,12). The number of nitrogens with one attached hydrogen (secondary N) is 1. The van der Waals surface area contributed by atoms with Crippen molar-refractivity contribution in [2.24, 2.45) is 0 Å². The van der Waals surface area contributed by atoms with Gasteiger partial charge >= 0.3 is 0 Å². The van der Waals surface area contributed by atoms with Gasteiger partial charge < -0.3 is 10.2 Å². The molecular weight excluding hydrogens is 152 g/mol. The monoisotopic (exact) mass is 170 g/mol. The van der Waals surface area contributed by atoms with Crippen LogP contribution >= 0.6 is 0 Å². The summed E-state index contributed by atoms with van der Waals surface area (Å²) < 4.78 is 0. The van der Waals surface area contributed by atoms with Crippen molar-refractivity contribution in [3.05, 3.63) is 12.2 Å². The summed E-state index contributed by atoms with van der Waals surface area (Å²) in [6.07, 6.45) is 3.26. The Balaban J connectivity index is 3.61. The summed E-state index contributed by atoms with van der Waals surface area (Å²) in [5, 5.41) is 2.80. The zero-order valence-corrected chi connectivity index (χ0v) is 8.29. The Morgan fingerprint density at radius 3 is 2.58 bits per heavy atom. The number of rotatable bonds is 4. The minimum absolute atomic E-state index is 0.0220. The van der Waals surface area contributed by atoms with Crippen molar-refractivity contribution in [1.82, 2.24) is 10.2 Å². The molecule has 0 radical (unpaired) electrons. The molecule has 0 aliphatic carbocycles. The second kappa shape index (κ2) is 5.77. The molecule has 12 heavy (non-hydrogen) atoms. The minimum Gasteiger partial charge on any atom is -0.351 e. The van der Waals surface area contributed by atoms with E-state index in [1.54, 1.807) is 6.08 Å². The lowest BCUT2D eigenvalue weighted by atomic mass is 10.3. The third-order valence-electron chi connectivity index (χ3n) is 1.77. The van der Waals surface area contributed by atoms with E-state index in [0.29, 0.717) is 12.6 Å². The van der Waals surface area contributed by atoms with Gasteiger partial charge in [-0.1, -0.05) is 6.08 Å². The van der Waals surface area contributed by atoms with E-state index < -0.39 is 0 Å². The summed E-state index contributed by atoms with van der Waals surface area (Å²) in [6.45, 7) is 4.58. The molecule has 0 aromatic heterocycles. The van der Waals surface area contributed by atoms with E-state index in [1.165, 1.54) is 6.08 Å². The Kier molecular flexibility index (Phi) is 5.37. The molecule has 0 spiro atoms. The van der Waals surface area contributed by atoms with Gasteiger partial charge in [0.25, 0.3) is 0 Å². The van der Waals surface area contributed by atoms with Gasteiger partial charge in [0, 0.05) is 12.6 Å². The normalized spacial score (nSPS) is 13.8. The molecule has 0 aromatic rings. The van der Waals surface area contributed by atoms with Crippen LogP contribution in [0.2, 0.25) is 0 Å². The molecule has 1 N–H and O–H groups in total. The Bertz CT molecular complexity index is 164. The van der Waals surface area contributed by atoms with E-state index in [4.69, 9.17) is 0 Å². The van der Waals surface area contributed by atoms with Gasteiger partial charge in [0.1, 0.15) is 0 Å². The van der Waals surface area contributed by atoms with Gasteiger partial charge in [-0.15, -0.1) is 0 Å². The van der Waals surface area contributed by atoms with Crippen molar-refractivity contribution < 1.29 is 4.79 Å². The highest BCUT2D eigenvalue weighted by Crippen LogP contribution is 1.87. The largest absolute Gasteiger partial charge is 0.351 e.